The van der Waals surface area contributed by atoms with Crippen LogP contribution in [0.5, 0.6) is 11.5 Å². The Hall–Kier alpha value is -2.25. The second-order valence-electron chi connectivity index (χ2n) is 7.79. The van der Waals surface area contributed by atoms with Crippen LogP contribution in [0.25, 0.3) is 0 Å². The third-order valence-corrected chi connectivity index (χ3v) is 6.02. The summed E-state index contributed by atoms with van der Waals surface area (Å²) in [7, 11) is 1.54. The maximum Gasteiger partial charge on any atom is 0.573 e. The zero-order chi connectivity index (χ0) is 20.5. The summed E-state index contributed by atoms with van der Waals surface area (Å²) in [5, 5.41) is 7.35. The zero-order valence-electron chi connectivity index (χ0n) is 16.3. The molecule has 2 aromatic carbocycles. The van der Waals surface area contributed by atoms with Crippen LogP contribution in [0.4, 0.5) is 13.2 Å². The van der Waals surface area contributed by atoms with E-state index in [1.807, 2.05) is 18.2 Å². The van der Waals surface area contributed by atoms with Crippen LogP contribution >= 0.6 is 0 Å². The van der Waals surface area contributed by atoms with Crippen molar-refractivity contribution in [1.82, 2.24) is 10.6 Å². The highest BCUT2D eigenvalue weighted by atomic mass is 19.4. The van der Waals surface area contributed by atoms with E-state index in [0.717, 1.165) is 31.4 Å². The van der Waals surface area contributed by atoms with Crippen LogP contribution in [0.3, 0.4) is 0 Å². The minimum atomic E-state index is -4.72. The molecule has 29 heavy (non-hydrogen) atoms. The second-order valence-corrected chi connectivity index (χ2v) is 7.79. The second kappa shape index (κ2) is 7.88. The van der Waals surface area contributed by atoms with E-state index in [2.05, 4.69) is 27.5 Å². The number of alkyl halides is 3. The van der Waals surface area contributed by atoms with Crippen molar-refractivity contribution in [2.24, 2.45) is 0 Å². The monoisotopic (exact) mass is 406 g/mol. The van der Waals surface area contributed by atoms with Crippen molar-refractivity contribution in [1.29, 1.82) is 0 Å². The van der Waals surface area contributed by atoms with Gasteiger partial charge in [0.25, 0.3) is 0 Å². The number of hydrogen-bond acceptors (Lipinski definition) is 4. The van der Waals surface area contributed by atoms with E-state index in [9.17, 15) is 13.2 Å². The molecule has 0 saturated carbocycles. The normalized spacial score (nSPS) is 27.2. The van der Waals surface area contributed by atoms with Gasteiger partial charge >= 0.3 is 6.36 Å². The average Bonchev–Trinajstić information content (AvgIpc) is 3.12. The van der Waals surface area contributed by atoms with Crippen LogP contribution in [0.2, 0.25) is 0 Å². The fraction of sp³-hybridized carbons (Fsp3) is 0.455. The van der Waals surface area contributed by atoms with Gasteiger partial charge in [0.2, 0.25) is 0 Å². The number of benzene rings is 2. The molecule has 0 aromatic heterocycles. The molecule has 7 heteroatoms. The molecule has 0 bridgehead atoms. The largest absolute Gasteiger partial charge is 0.573 e. The van der Waals surface area contributed by atoms with Crippen LogP contribution in [0.1, 0.15) is 42.3 Å². The number of nitrogens with one attached hydrogen (secondary N) is 2. The van der Waals surface area contributed by atoms with Crippen LogP contribution < -0.4 is 20.1 Å². The highest BCUT2D eigenvalue weighted by molar-refractivity contribution is 5.44. The lowest BCUT2D eigenvalue weighted by Crippen LogP contribution is -2.54. The molecule has 0 aliphatic carbocycles. The molecule has 2 aliphatic heterocycles. The molecular weight excluding hydrogens is 381 g/mol. The SMILES string of the molecule is COc1ccc(OC(F)(F)F)cc1[C@H]1CN[C@]2(CCCNC2c2ccccc2)C1. The van der Waals surface area contributed by atoms with E-state index in [0.29, 0.717) is 12.3 Å². The first-order valence-electron chi connectivity index (χ1n) is 9.87. The molecule has 4 nitrogen and oxygen atoms in total. The first-order chi connectivity index (χ1) is 13.9. The molecule has 2 aromatic rings. The Balaban J connectivity index is 1.62. The van der Waals surface area contributed by atoms with E-state index in [-0.39, 0.29) is 23.2 Å². The third-order valence-electron chi connectivity index (χ3n) is 6.02. The van der Waals surface area contributed by atoms with Crippen LogP contribution in [0.15, 0.2) is 48.5 Å². The summed E-state index contributed by atoms with van der Waals surface area (Å²) < 4.78 is 47.6. The number of ether oxygens (including phenoxy) is 2. The maximum atomic E-state index is 12.7. The van der Waals surface area contributed by atoms with Crippen molar-refractivity contribution in [3.63, 3.8) is 0 Å². The Labute approximate surface area is 168 Å². The van der Waals surface area contributed by atoms with E-state index in [1.54, 1.807) is 6.07 Å². The van der Waals surface area contributed by atoms with Crippen molar-refractivity contribution >= 4 is 0 Å². The molecule has 2 heterocycles. The molecule has 2 saturated heterocycles. The molecular formula is C22H25F3N2O2. The lowest BCUT2D eigenvalue weighted by Gasteiger charge is -2.43. The van der Waals surface area contributed by atoms with Gasteiger partial charge in [-0.15, -0.1) is 13.2 Å². The third kappa shape index (κ3) is 4.21. The van der Waals surface area contributed by atoms with Gasteiger partial charge in [0, 0.05) is 23.6 Å². The van der Waals surface area contributed by atoms with Gasteiger partial charge in [-0.3, -0.25) is 0 Å². The van der Waals surface area contributed by atoms with E-state index in [4.69, 9.17) is 4.74 Å². The molecule has 2 N–H and O–H groups in total. The number of halogens is 3. The quantitative estimate of drug-likeness (QED) is 0.783. The van der Waals surface area contributed by atoms with Gasteiger partial charge in [-0.25, -0.2) is 0 Å². The molecule has 3 atom stereocenters. The van der Waals surface area contributed by atoms with Gasteiger partial charge in [0.05, 0.1) is 13.2 Å². The standard InChI is InChI=1S/C22H25F3N2O2/c1-28-19-9-8-17(29-22(23,24)25)12-18(19)16-13-21(27-14-16)10-5-11-26-20(21)15-6-3-2-4-7-15/h2-4,6-9,12,16,20,26-27H,5,10-11,13-14H2,1H3/t16-,20?,21-/m1/s1. The first-order valence-corrected chi connectivity index (χ1v) is 9.87. The summed E-state index contributed by atoms with van der Waals surface area (Å²) >= 11 is 0. The van der Waals surface area contributed by atoms with E-state index in [1.165, 1.54) is 24.8 Å². The highest BCUT2D eigenvalue weighted by Crippen LogP contribution is 2.46. The van der Waals surface area contributed by atoms with Crippen molar-refractivity contribution in [2.75, 3.05) is 20.2 Å². The minimum absolute atomic E-state index is 0.0350. The Morgan fingerprint density at radius 3 is 2.62 bits per heavy atom. The van der Waals surface area contributed by atoms with Crippen molar-refractivity contribution in [3.8, 4) is 11.5 Å². The van der Waals surface area contributed by atoms with Gasteiger partial charge in [-0.1, -0.05) is 30.3 Å². The first kappa shape index (κ1) is 20.0. The predicted octanol–water partition coefficient (Wildman–Crippen LogP) is 4.53. The molecule has 2 aliphatic rings. The van der Waals surface area contributed by atoms with E-state index >= 15 is 0 Å². The van der Waals surface area contributed by atoms with Crippen LogP contribution in [-0.2, 0) is 0 Å². The molecule has 2 fully saturated rings. The molecule has 156 valence electrons. The van der Waals surface area contributed by atoms with Crippen molar-refractivity contribution < 1.29 is 22.6 Å². The molecule has 0 radical (unpaired) electrons. The zero-order valence-corrected chi connectivity index (χ0v) is 16.3. The fourth-order valence-corrected chi connectivity index (χ4v) is 4.84. The molecule has 0 amide bonds. The van der Waals surface area contributed by atoms with Crippen LogP contribution in [-0.4, -0.2) is 32.1 Å². The number of piperidine rings is 1. The minimum Gasteiger partial charge on any atom is -0.496 e. The summed E-state index contributed by atoms with van der Waals surface area (Å²) in [5.41, 5.74) is 1.83. The Kier molecular flexibility index (Phi) is 5.44. The van der Waals surface area contributed by atoms with Gasteiger partial charge in [0.15, 0.2) is 0 Å². The van der Waals surface area contributed by atoms with Crippen molar-refractivity contribution in [3.05, 3.63) is 59.7 Å². The average molecular weight is 406 g/mol. The lowest BCUT2D eigenvalue weighted by molar-refractivity contribution is -0.274. The highest BCUT2D eigenvalue weighted by Gasteiger charge is 2.47. The van der Waals surface area contributed by atoms with Gasteiger partial charge in [-0.2, -0.15) is 0 Å². The number of rotatable bonds is 4. The summed E-state index contributed by atoms with van der Waals surface area (Å²) in [5.74, 6) is 0.409. The van der Waals surface area contributed by atoms with Gasteiger partial charge in [-0.05, 0) is 49.6 Å². The molecule has 1 spiro atoms. The van der Waals surface area contributed by atoms with Gasteiger partial charge < -0.3 is 20.1 Å². The maximum absolute atomic E-state index is 12.7. The summed E-state index contributed by atoms with van der Waals surface area (Å²) in [6.07, 6.45) is -1.84. The topological polar surface area (TPSA) is 42.5 Å². The number of methoxy groups -OCH3 is 1. The Morgan fingerprint density at radius 2 is 1.90 bits per heavy atom. The lowest BCUT2D eigenvalue weighted by atomic mass is 9.75. The summed E-state index contributed by atoms with van der Waals surface area (Å²) in [6, 6.07) is 14.8. The number of hydrogen-bond donors (Lipinski definition) is 2. The Bertz CT molecular complexity index is 844. The summed E-state index contributed by atoms with van der Waals surface area (Å²) in [6.45, 7) is 1.63. The fourth-order valence-electron chi connectivity index (χ4n) is 4.84. The predicted molar refractivity (Wildman–Crippen MR) is 104 cm³/mol. The smallest absolute Gasteiger partial charge is 0.496 e. The molecule has 1 unspecified atom stereocenters. The van der Waals surface area contributed by atoms with Crippen molar-refractivity contribution in [2.45, 2.75) is 43.1 Å². The van der Waals surface area contributed by atoms with E-state index < -0.39 is 6.36 Å². The van der Waals surface area contributed by atoms with Gasteiger partial charge in [0.1, 0.15) is 11.5 Å². The Morgan fingerprint density at radius 1 is 1.10 bits per heavy atom. The summed E-state index contributed by atoms with van der Waals surface area (Å²) in [4.78, 5) is 0. The van der Waals surface area contributed by atoms with Crippen LogP contribution in [0, 0.1) is 0 Å². The molecule has 4 rings (SSSR count).